The van der Waals surface area contributed by atoms with Crippen LogP contribution in [0.4, 0.5) is 0 Å². The first kappa shape index (κ1) is 19.4. The molecule has 27 heavy (non-hydrogen) atoms. The van der Waals surface area contributed by atoms with Crippen LogP contribution in [0.5, 0.6) is 5.75 Å². The minimum absolute atomic E-state index is 0.354. The highest BCUT2D eigenvalue weighted by molar-refractivity contribution is 9.10. The normalized spacial score (nSPS) is 20.6. The average Bonchev–Trinajstić information content (AvgIpc) is 3.41. The van der Waals surface area contributed by atoms with Crippen molar-refractivity contribution in [1.82, 2.24) is 5.48 Å². The van der Waals surface area contributed by atoms with Gasteiger partial charge in [-0.3, -0.25) is 14.8 Å². The number of hydrogen-bond acceptors (Lipinski definition) is 5. The standard InChI is InChI=1S/C20H20BrNO5/c1-26-19(24)20(11-17(20)18(23)22-25)10-13-5-7-16(8-6-13)27-12-14-3-2-4-15(21)9-14/h2-9,17,25H,10-12H2,1H3,(H,22,23). The molecule has 1 aliphatic rings. The van der Waals surface area contributed by atoms with E-state index in [4.69, 9.17) is 14.7 Å². The van der Waals surface area contributed by atoms with Crippen molar-refractivity contribution in [3.8, 4) is 5.75 Å². The molecule has 1 aliphatic carbocycles. The first-order valence-electron chi connectivity index (χ1n) is 8.47. The second-order valence-electron chi connectivity index (χ2n) is 6.62. The van der Waals surface area contributed by atoms with Gasteiger partial charge in [0.05, 0.1) is 18.4 Å². The van der Waals surface area contributed by atoms with Gasteiger partial charge in [0.25, 0.3) is 0 Å². The first-order chi connectivity index (χ1) is 13.0. The highest BCUT2D eigenvalue weighted by Crippen LogP contribution is 2.55. The molecule has 1 saturated carbocycles. The maximum Gasteiger partial charge on any atom is 0.312 e. The summed E-state index contributed by atoms with van der Waals surface area (Å²) < 4.78 is 11.6. The van der Waals surface area contributed by atoms with Crippen molar-refractivity contribution in [2.24, 2.45) is 11.3 Å². The third kappa shape index (κ3) is 4.31. The molecular weight excluding hydrogens is 414 g/mol. The van der Waals surface area contributed by atoms with Gasteiger partial charge in [0.2, 0.25) is 5.91 Å². The van der Waals surface area contributed by atoms with Crippen molar-refractivity contribution in [2.45, 2.75) is 19.4 Å². The summed E-state index contributed by atoms with van der Waals surface area (Å²) in [7, 11) is 1.30. The van der Waals surface area contributed by atoms with Gasteiger partial charge in [-0.25, -0.2) is 5.48 Å². The smallest absolute Gasteiger partial charge is 0.312 e. The number of hydroxylamine groups is 1. The largest absolute Gasteiger partial charge is 0.489 e. The number of ether oxygens (including phenoxy) is 2. The predicted octanol–water partition coefficient (Wildman–Crippen LogP) is 3.26. The lowest BCUT2D eigenvalue weighted by atomic mass is 9.93. The van der Waals surface area contributed by atoms with Crippen molar-refractivity contribution in [2.75, 3.05) is 7.11 Å². The van der Waals surface area contributed by atoms with Gasteiger partial charge in [-0.1, -0.05) is 40.2 Å². The number of halogens is 1. The number of amides is 1. The Bertz CT molecular complexity index is 839. The number of carbonyl (C=O) groups excluding carboxylic acids is 2. The number of benzene rings is 2. The molecule has 2 atom stereocenters. The average molecular weight is 434 g/mol. The number of rotatable bonds is 7. The maximum atomic E-state index is 12.2. The zero-order valence-corrected chi connectivity index (χ0v) is 16.4. The van der Waals surface area contributed by atoms with E-state index in [2.05, 4.69) is 15.9 Å². The Kier molecular flexibility index (Phi) is 5.82. The summed E-state index contributed by atoms with van der Waals surface area (Å²) in [5.74, 6) is -0.867. The second-order valence-corrected chi connectivity index (χ2v) is 7.54. The van der Waals surface area contributed by atoms with Crippen LogP contribution < -0.4 is 10.2 Å². The Morgan fingerprint density at radius 3 is 2.59 bits per heavy atom. The van der Waals surface area contributed by atoms with Gasteiger partial charge in [-0.05, 0) is 48.2 Å². The summed E-state index contributed by atoms with van der Waals surface area (Å²) >= 11 is 3.43. The highest BCUT2D eigenvalue weighted by atomic mass is 79.9. The molecule has 2 aromatic rings. The molecule has 2 unspecified atom stereocenters. The van der Waals surface area contributed by atoms with Crippen molar-refractivity contribution in [3.63, 3.8) is 0 Å². The van der Waals surface area contributed by atoms with E-state index in [1.165, 1.54) is 7.11 Å². The van der Waals surface area contributed by atoms with Crippen LogP contribution in [0.2, 0.25) is 0 Å². The minimum Gasteiger partial charge on any atom is -0.489 e. The highest BCUT2D eigenvalue weighted by Gasteiger charge is 2.64. The molecular formula is C20H20BrNO5. The SMILES string of the molecule is COC(=O)C1(Cc2ccc(OCc3cccc(Br)c3)cc2)CC1C(=O)NO. The van der Waals surface area contributed by atoms with Crippen LogP contribution in [-0.2, 0) is 27.4 Å². The Balaban J connectivity index is 1.64. The monoisotopic (exact) mass is 433 g/mol. The van der Waals surface area contributed by atoms with E-state index in [1.807, 2.05) is 48.5 Å². The van der Waals surface area contributed by atoms with Crippen LogP contribution in [0.3, 0.4) is 0 Å². The predicted molar refractivity (Wildman–Crippen MR) is 101 cm³/mol. The zero-order chi connectivity index (χ0) is 19.4. The molecule has 0 aliphatic heterocycles. The molecule has 1 fully saturated rings. The summed E-state index contributed by atoms with van der Waals surface area (Å²) in [6.07, 6.45) is 0.719. The van der Waals surface area contributed by atoms with Gasteiger partial charge in [-0.15, -0.1) is 0 Å². The Morgan fingerprint density at radius 1 is 1.22 bits per heavy atom. The Hall–Kier alpha value is -2.38. The van der Waals surface area contributed by atoms with Gasteiger partial charge >= 0.3 is 5.97 Å². The fourth-order valence-electron chi connectivity index (χ4n) is 3.28. The van der Waals surface area contributed by atoms with Gasteiger partial charge < -0.3 is 9.47 Å². The van der Waals surface area contributed by atoms with Gasteiger partial charge in [0.1, 0.15) is 12.4 Å². The Morgan fingerprint density at radius 2 is 1.96 bits per heavy atom. The van der Waals surface area contributed by atoms with Gasteiger partial charge in [-0.2, -0.15) is 0 Å². The lowest BCUT2D eigenvalue weighted by Gasteiger charge is -2.15. The van der Waals surface area contributed by atoms with Crippen LogP contribution in [-0.4, -0.2) is 24.2 Å². The number of hydrogen-bond donors (Lipinski definition) is 2. The van der Waals surface area contributed by atoms with Crippen LogP contribution in [0.25, 0.3) is 0 Å². The molecule has 2 aromatic carbocycles. The molecule has 2 N–H and O–H groups in total. The van der Waals surface area contributed by atoms with Crippen LogP contribution in [0.1, 0.15) is 17.5 Å². The zero-order valence-electron chi connectivity index (χ0n) is 14.8. The fourth-order valence-corrected chi connectivity index (χ4v) is 3.73. The summed E-state index contributed by atoms with van der Waals surface area (Å²) in [5.41, 5.74) is 2.65. The first-order valence-corrected chi connectivity index (χ1v) is 9.26. The lowest BCUT2D eigenvalue weighted by Crippen LogP contribution is -2.30. The summed E-state index contributed by atoms with van der Waals surface area (Å²) in [6, 6.07) is 15.3. The van der Waals surface area contributed by atoms with Crippen LogP contribution in [0.15, 0.2) is 53.0 Å². The van der Waals surface area contributed by atoms with Gasteiger partial charge in [0, 0.05) is 4.47 Å². The van der Waals surface area contributed by atoms with E-state index in [0.717, 1.165) is 15.6 Å². The van der Waals surface area contributed by atoms with Gasteiger partial charge in [0.15, 0.2) is 0 Å². The van der Waals surface area contributed by atoms with E-state index in [9.17, 15) is 9.59 Å². The number of methoxy groups -OCH3 is 1. The quantitative estimate of drug-likeness (QED) is 0.397. The third-order valence-corrected chi connectivity index (χ3v) is 5.32. The summed E-state index contributed by atoms with van der Waals surface area (Å²) in [6.45, 7) is 0.448. The Labute approximate surface area is 165 Å². The molecule has 3 rings (SSSR count). The third-order valence-electron chi connectivity index (χ3n) is 4.83. The minimum atomic E-state index is -0.916. The molecule has 0 radical (unpaired) electrons. The molecule has 0 spiro atoms. The number of esters is 1. The molecule has 0 saturated heterocycles. The molecule has 142 valence electrons. The lowest BCUT2D eigenvalue weighted by molar-refractivity contribution is -0.149. The summed E-state index contributed by atoms with van der Waals surface area (Å²) in [5, 5.41) is 8.83. The van der Waals surface area contributed by atoms with E-state index in [1.54, 1.807) is 5.48 Å². The topological polar surface area (TPSA) is 84.9 Å². The van der Waals surface area contributed by atoms with Crippen molar-refractivity contribution < 1.29 is 24.3 Å². The van der Waals surface area contributed by atoms with E-state index in [-0.39, 0.29) is 0 Å². The molecule has 0 heterocycles. The van der Waals surface area contributed by atoms with Crippen molar-refractivity contribution >= 4 is 27.8 Å². The number of nitrogens with one attached hydrogen (secondary N) is 1. The molecule has 6 nitrogen and oxygen atoms in total. The number of carbonyl (C=O) groups is 2. The fraction of sp³-hybridized carbons (Fsp3) is 0.300. The molecule has 0 bridgehead atoms. The van der Waals surface area contributed by atoms with E-state index >= 15 is 0 Å². The van der Waals surface area contributed by atoms with Crippen molar-refractivity contribution in [1.29, 1.82) is 0 Å². The van der Waals surface area contributed by atoms with Crippen molar-refractivity contribution in [3.05, 3.63) is 64.1 Å². The van der Waals surface area contributed by atoms with Crippen LogP contribution >= 0.6 is 15.9 Å². The van der Waals surface area contributed by atoms with Crippen LogP contribution in [0, 0.1) is 11.3 Å². The maximum absolute atomic E-state index is 12.2. The van der Waals surface area contributed by atoms with E-state index < -0.39 is 23.2 Å². The van der Waals surface area contributed by atoms with E-state index in [0.29, 0.717) is 25.2 Å². The second kappa shape index (κ2) is 8.10. The molecule has 0 aromatic heterocycles. The molecule has 7 heteroatoms. The molecule has 1 amide bonds. The summed E-state index contributed by atoms with van der Waals surface area (Å²) in [4.78, 5) is 23.9.